The number of phenols is 2. The Morgan fingerprint density at radius 1 is 1.27 bits per heavy atom. The van der Waals surface area contributed by atoms with Gasteiger partial charge in [-0.15, -0.1) is 0 Å². The van der Waals surface area contributed by atoms with Gasteiger partial charge in [-0.25, -0.2) is 0 Å². The molecule has 0 amide bonds. The van der Waals surface area contributed by atoms with Crippen molar-refractivity contribution in [2.24, 2.45) is 5.41 Å². The van der Waals surface area contributed by atoms with Crippen LogP contribution in [-0.4, -0.2) is 28.0 Å². The first kappa shape index (κ1) is 19.0. The van der Waals surface area contributed by atoms with Crippen molar-refractivity contribution in [3.8, 4) is 11.5 Å². The molecule has 0 atom stereocenters. The summed E-state index contributed by atoms with van der Waals surface area (Å²) in [7, 11) is 1.30. The average Bonchev–Trinajstić information content (AvgIpc) is 2.53. The Bertz CT molecular complexity index is 857. The third-order valence-electron chi connectivity index (χ3n) is 3.63. The molecule has 0 bridgehead atoms. The molecule has 0 spiro atoms. The maximum atomic E-state index is 12.6. The lowest BCUT2D eigenvalue weighted by molar-refractivity contribution is -0.420. The van der Waals surface area contributed by atoms with Crippen LogP contribution in [0.3, 0.4) is 0 Å². The molecule has 0 saturated heterocycles. The van der Waals surface area contributed by atoms with E-state index in [1.807, 2.05) is 0 Å². The van der Waals surface area contributed by atoms with Gasteiger partial charge in [-0.1, -0.05) is 20.8 Å². The van der Waals surface area contributed by atoms with E-state index < -0.39 is 21.8 Å². The molecule has 1 aromatic carbocycles. The van der Waals surface area contributed by atoms with E-state index in [0.717, 1.165) is 12.3 Å². The summed E-state index contributed by atoms with van der Waals surface area (Å²) in [5.41, 5.74) is -1.49. The van der Waals surface area contributed by atoms with E-state index in [9.17, 15) is 25.1 Å². The zero-order chi connectivity index (χ0) is 19.6. The van der Waals surface area contributed by atoms with E-state index in [1.165, 1.54) is 25.3 Å². The Kier molecular flexibility index (Phi) is 5.06. The van der Waals surface area contributed by atoms with Crippen LogP contribution >= 0.6 is 0 Å². The van der Waals surface area contributed by atoms with E-state index in [-0.39, 0.29) is 34.2 Å². The number of rotatable bonds is 4. The van der Waals surface area contributed by atoms with Crippen molar-refractivity contribution in [1.82, 2.24) is 0 Å². The molecular formula is C18H19NO7. The average molecular weight is 361 g/mol. The van der Waals surface area contributed by atoms with E-state index in [1.54, 1.807) is 20.8 Å². The third-order valence-corrected chi connectivity index (χ3v) is 3.63. The standard InChI is InChI=1S/C18H19NO7/c1-18(2,3)17(22)16(19(23)24)12-8-14(26-9-15(12)25-4)11-6-5-10(20)7-13(11)21/h5-9,20-21H,1-4H3/b16-12+. The molecule has 26 heavy (non-hydrogen) atoms. The molecule has 138 valence electrons. The fraction of sp³-hybridized carbons (Fsp3) is 0.278. The summed E-state index contributed by atoms with van der Waals surface area (Å²) >= 11 is 0. The van der Waals surface area contributed by atoms with Gasteiger partial charge in [-0.3, -0.25) is 14.9 Å². The Hall–Kier alpha value is -3.29. The number of Topliss-reactive ketones (excluding diaryl/α,β-unsaturated/α-hetero) is 1. The smallest absolute Gasteiger partial charge is 0.323 e. The number of allylic oxidation sites excluding steroid dienone is 2. The van der Waals surface area contributed by atoms with E-state index >= 15 is 0 Å². The molecule has 8 heteroatoms. The maximum Gasteiger partial charge on any atom is 0.323 e. The molecule has 1 aromatic rings. The minimum absolute atomic E-state index is 0.0105. The Labute approximate surface area is 149 Å². The summed E-state index contributed by atoms with van der Waals surface area (Å²) in [6.45, 7) is 4.72. The predicted octanol–water partition coefficient (Wildman–Crippen LogP) is 3.10. The number of aromatic hydroxyl groups is 2. The van der Waals surface area contributed by atoms with Gasteiger partial charge < -0.3 is 19.7 Å². The molecule has 0 aromatic heterocycles. The van der Waals surface area contributed by atoms with Crippen LogP contribution in [0.15, 0.2) is 47.6 Å². The molecule has 0 unspecified atom stereocenters. The number of carbonyl (C=O) groups is 1. The highest BCUT2D eigenvalue weighted by molar-refractivity contribution is 5.99. The van der Waals surface area contributed by atoms with Crippen LogP contribution in [0.5, 0.6) is 11.5 Å². The summed E-state index contributed by atoms with van der Waals surface area (Å²) in [4.78, 5) is 23.4. The monoisotopic (exact) mass is 361 g/mol. The zero-order valence-electron chi connectivity index (χ0n) is 14.8. The minimum atomic E-state index is -0.985. The largest absolute Gasteiger partial charge is 0.508 e. The fourth-order valence-corrected chi connectivity index (χ4v) is 2.29. The lowest BCUT2D eigenvalue weighted by atomic mass is 9.87. The highest BCUT2D eigenvalue weighted by Gasteiger charge is 2.38. The Morgan fingerprint density at radius 3 is 2.42 bits per heavy atom. The maximum absolute atomic E-state index is 12.6. The first-order chi connectivity index (χ1) is 12.1. The van der Waals surface area contributed by atoms with Crippen molar-refractivity contribution in [3.63, 3.8) is 0 Å². The van der Waals surface area contributed by atoms with Crippen molar-refractivity contribution in [2.75, 3.05) is 7.11 Å². The van der Waals surface area contributed by atoms with Gasteiger partial charge in [0.2, 0.25) is 5.78 Å². The molecule has 0 aliphatic carbocycles. The summed E-state index contributed by atoms with van der Waals surface area (Å²) in [6, 6.07) is 3.82. The number of ether oxygens (including phenoxy) is 2. The van der Waals surface area contributed by atoms with Gasteiger partial charge in [0.25, 0.3) is 0 Å². The SMILES string of the molecule is COC1=COC(c2ccc(O)cc2O)=C/C1=C(/C(=O)C(C)(C)C)[N+](=O)[O-]. The second-order valence-corrected chi connectivity index (χ2v) is 6.61. The summed E-state index contributed by atoms with van der Waals surface area (Å²) in [5.74, 6) is -1.03. The van der Waals surface area contributed by atoms with Crippen LogP contribution in [-0.2, 0) is 14.3 Å². The van der Waals surface area contributed by atoms with Gasteiger partial charge in [-0.2, -0.15) is 0 Å². The summed E-state index contributed by atoms with van der Waals surface area (Å²) < 4.78 is 10.5. The van der Waals surface area contributed by atoms with Crippen LogP contribution in [0.25, 0.3) is 5.76 Å². The number of hydrogen-bond donors (Lipinski definition) is 2. The highest BCUT2D eigenvalue weighted by Crippen LogP contribution is 2.36. The second kappa shape index (κ2) is 6.91. The number of carbonyl (C=O) groups excluding carboxylic acids is 1. The van der Waals surface area contributed by atoms with E-state index in [4.69, 9.17) is 9.47 Å². The second-order valence-electron chi connectivity index (χ2n) is 6.61. The van der Waals surface area contributed by atoms with Crippen LogP contribution in [0.1, 0.15) is 26.3 Å². The van der Waals surface area contributed by atoms with Gasteiger partial charge in [-0.05, 0) is 18.2 Å². The van der Waals surface area contributed by atoms with Gasteiger partial charge in [0, 0.05) is 11.5 Å². The lowest BCUT2D eigenvalue weighted by Gasteiger charge is -2.20. The van der Waals surface area contributed by atoms with Crippen molar-refractivity contribution >= 4 is 11.5 Å². The number of methoxy groups -OCH3 is 1. The molecule has 1 heterocycles. The highest BCUT2D eigenvalue weighted by atomic mass is 16.6. The van der Waals surface area contributed by atoms with Crippen molar-refractivity contribution in [3.05, 3.63) is 63.2 Å². The van der Waals surface area contributed by atoms with Crippen molar-refractivity contribution in [2.45, 2.75) is 20.8 Å². The van der Waals surface area contributed by atoms with Crippen LogP contribution < -0.4 is 0 Å². The number of nitro groups is 1. The van der Waals surface area contributed by atoms with Crippen molar-refractivity contribution < 1.29 is 29.4 Å². The molecule has 0 saturated carbocycles. The number of nitrogens with zero attached hydrogens (tertiary/aromatic N) is 1. The summed E-state index contributed by atoms with van der Waals surface area (Å²) in [6.07, 6.45) is 2.38. The number of hydrogen-bond acceptors (Lipinski definition) is 7. The summed E-state index contributed by atoms with van der Waals surface area (Å²) in [5, 5.41) is 31.0. The molecular weight excluding hydrogens is 342 g/mol. The quantitative estimate of drug-likeness (QED) is 0.480. The van der Waals surface area contributed by atoms with Crippen LogP contribution in [0.4, 0.5) is 0 Å². The molecule has 0 fully saturated rings. The topological polar surface area (TPSA) is 119 Å². The molecule has 1 aliphatic rings. The molecule has 2 rings (SSSR count). The normalized spacial score (nSPS) is 16.2. The fourth-order valence-electron chi connectivity index (χ4n) is 2.29. The van der Waals surface area contributed by atoms with Gasteiger partial charge in [0.05, 0.1) is 17.6 Å². The predicted molar refractivity (Wildman–Crippen MR) is 92.4 cm³/mol. The van der Waals surface area contributed by atoms with Gasteiger partial charge in [0.15, 0.2) is 5.76 Å². The third kappa shape index (κ3) is 3.69. The van der Waals surface area contributed by atoms with E-state index in [2.05, 4.69) is 0 Å². The first-order valence-corrected chi connectivity index (χ1v) is 7.65. The minimum Gasteiger partial charge on any atom is -0.508 e. The molecule has 1 aliphatic heterocycles. The van der Waals surface area contributed by atoms with Gasteiger partial charge >= 0.3 is 5.70 Å². The number of ketones is 1. The Morgan fingerprint density at radius 2 is 1.92 bits per heavy atom. The van der Waals surface area contributed by atoms with Crippen molar-refractivity contribution in [1.29, 1.82) is 0 Å². The molecule has 2 N–H and O–H groups in total. The van der Waals surface area contributed by atoms with Crippen LogP contribution in [0, 0.1) is 15.5 Å². The molecule has 8 nitrogen and oxygen atoms in total. The van der Waals surface area contributed by atoms with Crippen LogP contribution in [0.2, 0.25) is 0 Å². The lowest BCUT2D eigenvalue weighted by Crippen LogP contribution is -2.27. The first-order valence-electron chi connectivity index (χ1n) is 7.65. The van der Waals surface area contributed by atoms with Gasteiger partial charge in [0.1, 0.15) is 29.1 Å². The number of benzene rings is 1. The zero-order valence-corrected chi connectivity index (χ0v) is 14.8. The number of phenolic OH excluding ortho intramolecular Hbond substituents is 2. The van der Waals surface area contributed by atoms with E-state index in [0.29, 0.717) is 0 Å². The Balaban J connectivity index is 2.69. The molecule has 0 radical (unpaired) electrons.